The zero-order valence-corrected chi connectivity index (χ0v) is 17.2. The molecule has 1 saturated heterocycles. The lowest BCUT2D eigenvalue weighted by molar-refractivity contribution is -0.139. The summed E-state index contributed by atoms with van der Waals surface area (Å²) in [5.41, 5.74) is 1.17. The number of fused-ring (bicyclic) bond motifs is 1. The van der Waals surface area contributed by atoms with E-state index in [4.69, 9.17) is 13.9 Å². The number of hydrogen-bond donors (Lipinski definition) is 0. The first-order valence-corrected chi connectivity index (χ1v) is 10.5. The maximum atomic E-state index is 12.8. The Bertz CT molecular complexity index is 952. The average Bonchev–Trinajstić information content (AvgIpc) is 3.12. The van der Waals surface area contributed by atoms with E-state index in [0.717, 1.165) is 56.1 Å². The number of methoxy groups -OCH3 is 1. The molecule has 1 aromatic carbocycles. The molecule has 1 aromatic heterocycles. The van der Waals surface area contributed by atoms with Gasteiger partial charge in [0, 0.05) is 43.1 Å². The summed E-state index contributed by atoms with van der Waals surface area (Å²) in [5, 5.41) is 0.899. The Morgan fingerprint density at radius 1 is 1.28 bits per heavy atom. The van der Waals surface area contributed by atoms with Crippen LogP contribution in [0, 0.1) is 5.41 Å². The number of benzene rings is 1. The molecule has 0 unspecified atom stereocenters. The highest BCUT2D eigenvalue weighted by Gasteiger charge is 2.46. The Morgan fingerprint density at radius 3 is 2.90 bits per heavy atom. The molecule has 1 aliphatic heterocycles. The largest absolute Gasteiger partial charge is 0.484 e. The van der Waals surface area contributed by atoms with Crippen molar-refractivity contribution < 1.29 is 18.7 Å². The lowest BCUT2D eigenvalue weighted by atomic mass is 9.76. The second-order valence-corrected chi connectivity index (χ2v) is 8.29. The molecule has 0 N–H and O–H groups in total. The van der Waals surface area contributed by atoms with Crippen molar-refractivity contribution in [2.24, 2.45) is 5.41 Å². The summed E-state index contributed by atoms with van der Waals surface area (Å²) in [6.45, 7) is 3.51. The summed E-state index contributed by atoms with van der Waals surface area (Å²) in [6, 6.07) is 6.92. The van der Waals surface area contributed by atoms with Gasteiger partial charge in [-0.05, 0) is 49.8 Å². The fraction of sp³-hybridized carbons (Fsp3) is 0.565. The first-order valence-electron chi connectivity index (χ1n) is 10.5. The third-order valence-electron chi connectivity index (χ3n) is 6.61. The van der Waals surface area contributed by atoms with Gasteiger partial charge in [0.25, 0.3) is 5.91 Å². The second-order valence-electron chi connectivity index (χ2n) is 8.29. The van der Waals surface area contributed by atoms with Crippen LogP contribution in [-0.2, 0) is 16.0 Å². The summed E-state index contributed by atoms with van der Waals surface area (Å²) < 4.78 is 16.8. The van der Waals surface area contributed by atoms with E-state index in [2.05, 4.69) is 0 Å². The van der Waals surface area contributed by atoms with Gasteiger partial charge in [0.15, 0.2) is 6.61 Å². The van der Waals surface area contributed by atoms with Gasteiger partial charge >= 0.3 is 5.63 Å². The standard InChI is InChI=1S/C23H29NO5/c1-3-16-12-22(26)29-19-13-17(7-8-18(16)19)28-14-21(25)24-11-5-10-23(15-24)9-4-6-20(23)27-2/h7-8,12-13,20H,3-6,9-11,14-15H2,1-2H3/t20-,23+/m1/s1. The summed E-state index contributed by atoms with van der Waals surface area (Å²) in [4.78, 5) is 26.5. The molecule has 2 aromatic rings. The molecule has 2 heterocycles. The maximum absolute atomic E-state index is 12.8. The van der Waals surface area contributed by atoms with Crippen molar-refractivity contribution in [1.29, 1.82) is 0 Å². The number of piperidine rings is 1. The minimum absolute atomic E-state index is 0.00492. The lowest BCUT2D eigenvalue weighted by Gasteiger charge is -2.43. The van der Waals surface area contributed by atoms with Crippen molar-refractivity contribution in [3.63, 3.8) is 0 Å². The minimum atomic E-state index is -0.370. The topological polar surface area (TPSA) is 69.0 Å². The van der Waals surface area contributed by atoms with Crippen molar-refractivity contribution in [3.05, 3.63) is 40.2 Å². The number of rotatable bonds is 5. The van der Waals surface area contributed by atoms with Crippen LogP contribution in [0.1, 0.15) is 44.6 Å². The van der Waals surface area contributed by atoms with Crippen molar-refractivity contribution in [2.45, 2.75) is 51.6 Å². The van der Waals surface area contributed by atoms with Crippen molar-refractivity contribution in [3.8, 4) is 5.75 Å². The van der Waals surface area contributed by atoms with Gasteiger partial charge < -0.3 is 18.8 Å². The fourth-order valence-corrected chi connectivity index (χ4v) is 5.14. The molecule has 1 aliphatic carbocycles. The molecule has 156 valence electrons. The molecule has 0 bridgehead atoms. The van der Waals surface area contributed by atoms with Gasteiger partial charge in [-0.1, -0.05) is 13.3 Å². The van der Waals surface area contributed by atoms with Crippen LogP contribution in [0.15, 0.2) is 33.5 Å². The number of carbonyl (C=O) groups is 1. The van der Waals surface area contributed by atoms with Crippen molar-refractivity contribution >= 4 is 16.9 Å². The van der Waals surface area contributed by atoms with E-state index in [1.165, 1.54) is 12.5 Å². The first-order chi connectivity index (χ1) is 14.0. The predicted molar refractivity (Wildman–Crippen MR) is 110 cm³/mol. The predicted octanol–water partition coefficient (Wildman–Crippen LogP) is 3.54. The zero-order chi connectivity index (χ0) is 20.4. The second kappa shape index (κ2) is 8.19. The van der Waals surface area contributed by atoms with Crippen LogP contribution in [0.25, 0.3) is 11.0 Å². The number of likely N-dealkylation sites (tertiary alicyclic amines) is 1. The van der Waals surface area contributed by atoms with Crippen LogP contribution in [0.4, 0.5) is 0 Å². The monoisotopic (exact) mass is 399 g/mol. The Hall–Kier alpha value is -2.34. The van der Waals surface area contributed by atoms with E-state index in [1.807, 2.05) is 24.0 Å². The maximum Gasteiger partial charge on any atom is 0.336 e. The molecule has 2 aliphatic rings. The van der Waals surface area contributed by atoms with Gasteiger partial charge in [-0.3, -0.25) is 4.79 Å². The van der Waals surface area contributed by atoms with Gasteiger partial charge in [-0.25, -0.2) is 4.79 Å². The summed E-state index contributed by atoms with van der Waals surface area (Å²) >= 11 is 0. The summed E-state index contributed by atoms with van der Waals surface area (Å²) in [6.07, 6.45) is 6.50. The molecule has 1 spiro atoms. The molecule has 0 radical (unpaired) electrons. The molecular weight excluding hydrogens is 370 g/mol. The normalized spacial score (nSPS) is 24.3. The van der Waals surface area contributed by atoms with Gasteiger partial charge in [-0.15, -0.1) is 0 Å². The smallest absolute Gasteiger partial charge is 0.336 e. The number of aryl methyl sites for hydroxylation is 1. The highest BCUT2D eigenvalue weighted by Crippen LogP contribution is 2.46. The lowest BCUT2D eigenvalue weighted by Crippen LogP contribution is -2.50. The molecule has 1 amide bonds. The number of amides is 1. The molecule has 29 heavy (non-hydrogen) atoms. The average molecular weight is 399 g/mol. The van der Waals surface area contributed by atoms with Gasteiger partial charge in [0.05, 0.1) is 6.10 Å². The van der Waals surface area contributed by atoms with Crippen LogP contribution in [0.2, 0.25) is 0 Å². The molecule has 4 rings (SSSR count). The van der Waals surface area contributed by atoms with E-state index in [1.54, 1.807) is 13.2 Å². The molecule has 6 heteroatoms. The zero-order valence-electron chi connectivity index (χ0n) is 17.2. The van der Waals surface area contributed by atoms with E-state index >= 15 is 0 Å². The number of carbonyl (C=O) groups excluding carboxylic acids is 1. The quantitative estimate of drug-likeness (QED) is 0.720. The molecular formula is C23H29NO5. The van der Waals surface area contributed by atoms with E-state index in [0.29, 0.717) is 11.3 Å². The van der Waals surface area contributed by atoms with Crippen LogP contribution in [-0.4, -0.2) is 43.7 Å². The highest BCUT2D eigenvalue weighted by atomic mass is 16.5. The Labute approximate surface area is 170 Å². The molecule has 2 fully saturated rings. The Morgan fingerprint density at radius 2 is 2.10 bits per heavy atom. The fourth-order valence-electron chi connectivity index (χ4n) is 5.14. The number of ether oxygens (including phenoxy) is 2. The minimum Gasteiger partial charge on any atom is -0.484 e. The van der Waals surface area contributed by atoms with Crippen LogP contribution in [0.5, 0.6) is 5.75 Å². The first kappa shape index (κ1) is 20.0. The Kier molecular flexibility index (Phi) is 5.63. The molecule has 2 atom stereocenters. The summed E-state index contributed by atoms with van der Waals surface area (Å²) in [7, 11) is 1.78. The molecule has 1 saturated carbocycles. The summed E-state index contributed by atoms with van der Waals surface area (Å²) in [5.74, 6) is 0.527. The Balaban J connectivity index is 1.43. The van der Waals surface area contributed by atoms with Crippen molar-refractivity contribution in [2.75, 3.05) is 26.8 Å². The van der Waals surface area contributed by atoms with Gasteiger partial charge in [0.2, 0.25) is 0 Å². The van der Waals surface area contributed by atoms with Crippen molar-refractivity contribution in [1.82, 2.24) is 4.90 Å². The van der Waals surface area contributed by atoms with E-state index in [-0.39, 0.29) is 29.7 Å². The van der Waals surface area contributed by atoms with E-state index < -0.39 is 0 Å². The molecule has 6 nitrogen and oxygen atoms in total. The SMILES string of the molecule is CCc1cc(=O)oc2cc(OCC(=O)N3CCC[C@@]4(CCC[C@H]4OC)C3)ccc12. The van der Waals surface area contributed by atoms with E-state index in [9.17, 15) is 9.59 Å². The van der Waals surface area contributed by atoms with Crippen LogP contribution in [0.3, 0.4) is 0 Å². The van der Waals surface area contributed by atoms with Gasteiger partial charge in [0.1, 0.15) is 11.3 Å². The number of nitrogens with zero attached hydrogens (tertiary/aromatic N) is 1. The van der Waals surface area contributed by atoms with Crippen LogP contribution < -0.4 is 10.4 Å². The van der Waals surface area contributed by atoms with Crippen LogP contribution >= 0.6 is 0 Å². The highest BCUT2D eigenvalue weighted by molar-refractivity contribution is 5.82. The number of hydrogen-bond acceptors (Lipinski definition) is 5. The van der Waals surface area contributed by atoms with Gasteiger partial charge in [-0.2, -0.15) is 0 Å². The third kappa shape index (κ3) is 3.90. The third-order valence-corrected chi connectivity index (χ3v) is 6.61.